The second-order valence-electron chi connectivity index (χ2n) is 4.77. The monoisotopic (exact) mass is 317 g/mol. The van der Waals surface area contributed by atoms with Crippen molar-refractivity contribution in [1.82, 2.24) is 5.32 Å². The van der Waals surface area contributed by atoms with Gasteiger partial charge in [0.1, 0.15) is 5.82 Å². The lowest BCUT2D eigenvalue weighted by Crippen LogP contribution is -2.21. The molecule has 2 unspecified atom stereocenters. The summed E-state index contributed by atoms with van der Waals surface area (Å²) in [5.41, 5.74) is 0.688. The van der Waals surface area contributed by atoms with Crippen molar-refractivity contribution in [2.45, 2.75) is 32.7 Å². The van der Waals surface area contributed by atoms with E-state index in [1.807, 2.05) is 19.9 Å². The molecule has 0 radical (unpaired) electrons. The van der Waals surface area contributed by atoms with Crippen LogP contribution in [0.4, 0.5) is 4.39 Å². The van der Waals surface area contributed by atoms with Gasteiger partial charge in [0.15, 0.2) is 0 Å². The van der Waals surface area contributed by atoms with Crippen molar-refractivity contribution >= 4 is 15.9 Å². The standard InChI is InChI=1S/C14H21BrFNO/c1-10(9-18)4-3-7-17-11(2)13-6-5-12(15)8-14(13)16/h5-6,8,10-11,17-18H,3-4,7,9H2,1-2H3. The Balaban J connectivity index is 2.38. The number of rotatable bonds is 7. The van der Waals surface area contributed by atoms with Gasteiger partial charge < -0.3 is 10.4 Å². The van der Waals surface area contributed by atoms with E-state index in [4.69, 9.17) is 5.11 Å². The summed E-state index contributed by atoms with van der Waals surface area (Å²) in [6, 6.07) is 5.14. The maximum absolute atomic E-state index is 13.7. The Labute approximate surface area is 117 Å². The average molecular weight is 318 g/mol. The van der Waals surface area contributed by atoms with Crippen molar-refractivity contribution < 1.29 is 9.50 Å². The summed E-state index contributed by atoms with van der Waals surface area (Å²) >= 11 is 3.25. The second-order valence-corrected chi connectivity index (χ2v) is 5.69. The average Bonchev–Trinajstić information content (AvgIpc) is 2.34. The van der Waals surface area contributed by atoms with E-state index in [9.17, 15) is 4.39 Å². The van der Waals surface area contributed by atoms with Gasteiger partial charge in [-0.05, 0) is 44.4 Å². The topological polar surface area (TPSA) is 32.3 Å². The summed E-state index contributed by atoms with van der Waals surface area (Å²) in [5.74, 6) is 0.152. The number of aliphatic hydroxyl groups excluding tert-OH is 1. The number of aliphatic hydroxyl groups is 1. The van der Waals surface area contributed by atoms with Crippen LogP contribution in [0.1, 0.15) is 38.3 Å². The van der Waals surface area contributed by atoms with Gasteiger partial charge in [-0.3, -0.25) is 0 Å². The van der Waals surface area contributed by atoms with Crippen LogP contribution in [0.5, 0.6) is 0 Å². The van der Waals surface area contributed by atoms with Gasteiger partial charge in [-0.1, -0.05) is 28.9 Å². The summed E-state index contributed by atoms with van der Waals surface area (Å²) in [4.78, 5) is 0. The van der Waals surface area contributed by atoms with Crippen LogP contribution < -0.4 is 5.32 Å². The number of hydrogen-bond donors (Lipinski definition) is 2. The minimum Gasteiger partial charge on any atom is -0.396 e. The molecule has 0 saturated heterocycles. The molecule has 0 aromatic heterocycles. The molecule has 0 heterocycles. The quantitative estimate of drug-likeness (QED) is 0.752. The van der Waals surface area contributed by atoms with E-state index in [1.165, 1.54) is 6.07 Å². The van der Waals surface area contributed by atoms with Gasteiger partial charge in [0.2, 0.25) is 0 Å². The van der Waals surface area contributed by atoms with E-state index in [2.05, 4.69) is 21.2 Å². The first-order valence-electron chi connectivity index (χ1n) is 6.33. The van der Waals surface area contributed by atoms with E-state index < -0.39 is 0 Å². The van der Waals surface area contributed by atoms with E-state index in [-0.39, 0.29) is 18.5 Å². The summed E-state index contributed by atoms with van der Waals surface area (Å²) < 4.78 is 14.4. The van der Waals surface area contributed by atoms with Crippen LogP contribution in [0.3, 0.4) is 0 Å². The van der Waals surface area contributed by atoms with Crippen LogP contribution >= 0.6 is 15.9 Å². The summed E-state index contributed by atoms with van der Waals surface area (Å²) in [6.45, 7) is 5.05. The molecule has 0 bridgehead atoms. The van der Waals surface area contributed by atoms with Gasteiger partial charge in [-0.15, -0.1) is 0 Å². The van der Waals surface area contributed by atoms with Crippen molar-refractivity contribution in [3.63, 3.8) is 0 Å². The molecule has 2 atom stereocenters. The molecule has 0 saturated carbocycles. The van der Waals surface area contributed by atoms with Gasteiger partial charge in [0.05, 0.1) is 0 Å². The number of hydrogen-bond acceptors (Lipinski definition) is 2. The lowest BCUT2D eigenvalue weighted by molar-refractivity contribution is 0.227. The molecular weight excluding hydrogens is 297 g/mol. The van der Waals surface area contributed by atoms with E-state index in [0.29, 0.717) is 11.5 Å². The molecule has 102 valence electrons. The second kappa shape index (κ2) is 7.87. The van der Waals surface area contributed by atoms with Gasteiger partial charge in [-0.25, -0.2) is 4.39 Å². The Morgan fingerprint density at radius 1 is 1.39 bits per heavy atom. The van der Waals surface area contributed by atoms with Crippen LogP contribution in [0.25, 0.3) is 0 Å². The van der Waals surface area contributed by atoms with Crippen molar-refractivity contribution in [3.8, 4) is 0 Å². The zero-order chi connectivity index (χ0) is 13.5. The zero-order valence-corrected chi connectivity index (χ0v) is 12.5. The fourth-order valence-corrected chi connectivity index (χ4v) is 2.16. The summed E-state index contributed by atoms with van der Waals surface area (Å²) in [6.07, 6.45) is 1.98. The lowest BCUT2D eigenvalue weighted by Gasteiger charge is -2.16. The van der Waals surface area contributed by atoms with Crippen molar-refractivity contribution in [1.29, 1.82) is 0 Å². The molecule has 0 fully saturated rings. The minimum atomic E-state index is -0.187. The Bertz CT molecular complexity index is 373. The van der Waals surface area contributed by atoms with Crippen molar-refractivity contribution in [2.75, 3.05) is 13.2 Å². The smallest absolute Gasteiger partial charge is 0.129 e. The van der Waals surface area contributed by atoms with E-state index in [0.717, 1.165) is 23.9 Å². The highest BCUT2D eigenvalue weighted by molar-refractivity contribution is 9.10. The Kier molecular flexibility index (Phi) is 6.82. The van der Waals surface area contributed by atoms with Gasteiger partial charge in [-0.2, -0.15) is 0 Å². The van der Waals surface area contributed by atoms with Gasteiger partial charge in [0, 0.05) is 22.7 Å². The molecule has 1 rings (SSSR count). The third-order valence-electron chi connectivity index (χ3n) is 3.06. The highest BCUT2D eigenvalue weighted by atomic mass is 79.9. The molecule has 4 heteroatoms. The predicted molar refractivity (Wildman–Crippen MR) is 76.0 cm³/mol. The Hall–Kier alpha value is -0.450. The number of nitrogens with one attached hydrogen (secondary N) is 1. The maximum atomic E-state index is 13.7. The molecule has 2 nitrogen and oxygen atoms in total. The van der Waals surface area contributed by atoms with Crippen LogP contribution in [0, 0.1) is 11.7 Å². The summed E-state index contributed by atoms with van der Waals surface area (Å²) in [7, 11) is 0. The zero-order valence-electron chi connectivity index (χ0n) is 10.9. The maximum Gasteiger partial charge on any atom is 0.129 e. The summed E-state index contributed by atoms with van der Waals surface area (Å²) in [5, 5.41) is 12.2. The molecule has 0 aliphatic rings. The Morgan fingerprint density at radius 2 is 2.11 bits per heavy atom. The fraction of sp³-hybridized carbons (Fsp3) is 0.571. The lowest BCUT2D eigenvalue weighted by atomic mass is 10.1. The predicted octanol–water partition coefficient (Wildman–Crippen LogP) is 3.65. The van der Waals surface area contributed by atoms with E-state index >= 15 is 0 Å². The highest BCUT2D eigenvalue weighted by Gasteiger charge is 2.10. The Morgan fingerprint density at radius 3 is 2.72 bits per heavy atom. The number of benzene rings is 1. The normalized spacial score (nSPS) is 14.5. The van der Waals surface area contributed by atoms with Crippen LogP contribution in [0.15, 0.2) is 22.7 Å². The molecule has 0 amide bonds. The molecular formula is C14H21BrFNO. The SMILES string of the molecule is CC(CO)CCCNC(C)c1ccc(Br)cc1F. The third-order valence-corrected chi connectivity index (χ3v) is 3.56. The minimum absolute atomic E-state index is 0.00235. The molecule has 1 aromatic carbocycles. The first kappa shape index (κ1) is 15.6. The van der Waals surface area contributed by atoms with Crippen molar-refractivity contribution in [2.24, 2.45) is 5.92 Å². The molecule has 1 aromatic rings. The first-order valence-corrected chi connectivity index (χ1v) is 7.13. The molecule has 0 spiro atoms. The molecule has 0 aliphatic carbocycles. The van der Waals surface area contributed by atoms with Crippen LogP contribution in [0.2, 0.25) is 0 Å². The van der Waals surface area contributed by atoms with Gasteiger partial charge >= 0.3 is 0 Å². The van der Waals surface area contributed by atoms with Crippen LogP contribution in [-0.4, -0.2) is 18.3 Å². The number of halogens is 2. The molecule has 0 aliphatic heterocycles. The molecule has 18 heavy (non-hydrogen) atoms. The third kappa shape index (κ3) is 5.04. The molecule has 2 N–H and O–H groups in total. The van der Waals surface area contributed by atoms with Crippen molar-refractivity contribution in [3.05, 3.63) is 34.1 Å². The fourth-order valence-electron chi connectivity index (χ4n) is 1.82. The van der Waals surface area contributed by atoms with E-state index in [1.54, 1.807) is 6.07 Å². The first-order chi connectivity index (χ1) is 8.54. The highest BCUT2D eigenvalue weighted by Crippen LogP contribution is 2.20. The van der Waals surface area contributed by atoms with Crippen LogP contribution in [-0.2, 0) is 0 Å². The van der Waals surface area contributed by atoms with Gasteiger partial charge in [0.25, 0.3) is 0 Å². The largest absolute Gasteiger partial charge is 0.396 e.